The minimum atomic E-state index is -2.64. The quantitative estimate of drug-likeness (QED) is 0.587. The van der Waals surface area contributed by atoms with E-state index >= 15 is 0 Å². The SMILES string of the molecule is CS(=O)(=O)C[CH2][SnH]. The van der Waals surface area contributed by atoms with Crippen molar-refractivity contribution in [3.63, 3.8) is 0 Å². The topological polar surface area (TPSA) is 34.1 Å². The third-order valence-electron chi connectivity index (χ3n) is 0.489. The molecule has 0 N–H and O–H groups in total. The summed E-state index contributed by atoms with van der Waals surface area (Å²) in [7, 11) is -2.64. The van der Waals surface area contributed by atoms with Crippen molar-refractivity contribution in [2.45, 2.75) is 4.44 Å². The Hall–Kier alpha value is 0.749. The molecule has 0 fully saturated rings. The average Bonchev–Trinajstić information content (AvgIpc) is 1.30. The van der Waals surface area contributed by atoms with Crippen LogP contribution in [-0.2, 0) is 9.84 Å². The van der Waals surface area contributed by atoms with Crippen LogP contribution in [0.25, 0.3) is 0 Å². The van der Waals surface area contributed by atoms with Gasteiger partial charge in [-0.1, -0.05) is 0 Å². The van der Waals surface area contributed by atoms with Crippen molar-refractivity contribution in [3.8, 4) is 0 Å². The zero-order chi connectivity index (χ0) is 5.91. The van der Waals surface area contributed by atoms with Crippen LogP contribution >= 0.6 is 0 Å². The molecule has 0 unspecified atom stereocenters. The third kappa shape index (κ3) is 6.75. The first-order chi connectivity index (χ1) is 3.06. The van der Waals surface area contributed by atoms with Crippen molar-refractivity contribution in [1.82, 2.24) is 0 Å². The van der Waals surface area contributed by atoms with Crippen molar-refractivity contribution in [2.75, 3.05) is 12.0 Å². The van der Waals surface area contributed by atoms with Crippen LogP contribution in [0.1, 0.15) is 0 Å². The summed E-state index contributed by atoms with van der Waals surface area (Å²) in [4.78, 5) is 0. The molecule has 0 rings (SSSR count). The molecule has 0 bridgehead atoms. The van der Waals surface area contributed by atoms with Crippen LogP contribution in [0.4, 0.5) is 0 Å². The molecule has 0 aliphatic carbocycles. The Labute approximate surface area is 57.3 Å². The summed E-state index contributed by atoms with van der Waals surface area (Å²) in [6, 6.07) is 0. The van der Waals surface area contributed by atoms with E-state index in [-0.39, 0.29) is 0 Å². The van der Waals surface area contributed by atoms with Gasteiger partial charge in [-0.15, -0.1) is 0 Å². The fraction of sp³-hybridized carbons (Fsp3) is 1.00. The van der Waals surface area contributed by atoms with Crippen LogP contribution in [0.5, 0.6) is 0 Å². The molecule has 42 valence electrons. The first-order valence-corrected chi connectivity index (χ1v) is 6.33. The Balaban J connectivity index is 3.60. The number of sulfone groups is 1. The van der Waals surface area contributed by atoms with E-state index in [9.17, 15) is 8.42 Å². The molecule has 0 aliphatic rings. The summed E-state index contributed by atoms with van der Waals surface area (Å²) >= 11 is 1.05. The second-order valence-corrected chi connectivity index (χ2v) is 5.33. The molecule has 2 nitrogen and oxygen atoms in total. The van der Waals surface area contributed by atoms with E-state index in [1.807, 2.05) is 0 Å². The van der Waals surface area contributed by atoms with E-state index in [2.05, 4.69) is 0 Å². The van der Waals surface area contributed by atoms with E-state index in [1.54, 1.807) is 0 Å². The normalized spacial score (nSPS) is 11.7. The van der Waals surface area contributed by atoms with Gasteiger partial charge >= 0.3 is 57.2 Å². The zero-order valence-corrected chi connectivity index (χ0v) is 8.33. The first kappa shape index (κ1) is 7.75. The Morgan fingerprint density at radius 1 is 1.57 bits per heavy atom. The molecule has 7 heavy (non-hydrogen) atoms. The van der Waals surface area contributed by atoms with E-state index < -0.39 is 9.84 Å². The maximum atomic E-state index is 10.3. The number of hydrogen-bond acceptors (Lipinski definition) is 2. The third-order valence-corrected chi connectivity index (χ3v) is 3.48. The van der Waals surface area contributed by atoms with Crippen LogP contribution in [-0.4, -0.2) is 43.0 Å². The van der Waals surface area contributed by atoms with Gasteiger partial charge in [0.25, 0.3) is 0 Å². The monoisotopic (exact) mass is 228 g/mol. The van der Waals surface area contributed by atoms with Crippen molar-refractivity contribution in [2.24, 2.45) is 0 Å². The summed E-state index contributed by atoms with van der Waals surface area (Å²) in [5, 5.41) is 0. The summed E-state index contributed by atoms with van der Waals surface area (Å²) in [5.74, 6) is 0.370. The fourth-order valence-electron chi connectivity index (χ4n) is 0.214. The molecule has 0 heterocycles. The van der Waals surface area contributed by atoms with E-state index in [0.717, 1.165) is 27.0 Å². The van der Waals surface area contributed by atoms with Crippen LogP contribution in [0.3, 0.4) is 0 Å². The minimum absolute atomic E-state index is 0.370. The maximum absolute atomic E-state index is 10.3. The van der Waals surface area contributed by atoms with Crippen LogP contribution in [0.2, 0.25) is 4.44 Å². The Bertz CT molecular complexity index is 126. The average molecular weight is 227 g/mol. The predicted octanol–water partition coefficient (Wildman–Crippen LogP) is -0.650. The Morgan fingerprint density at radius 2 is 2.00 bits per heavy atom. The van der Waals surface area contributed by atoms with Crippen molar-refractivity contribution in [3.05, 3.63) is 0 Å². The molecule has 0 saturated heterocycles. The molecule has 0 spiro atoms. The van der Waals surface area contributed by atoms with Crippen LogP contribution in [0, 0.1) is 0 Å². The molecular weight excluding hydrogens is 219 g/mol. The van der Waals surface area contributed by atoms with Gasteiger partial charge < -0.3 is 0 Å². The number of rotatable bonds is 2. The molecule has 0 aromatic rings. The summed E-state index contributed by atoms with van der Waals surface area (Å²) in [5.41, 5.74) is 0. The molecule has 0 saturated carbocycles. The van der Waals surface area contributed by atoms with Crippen molar-refractivity contribution in [1.29, 1.82) is 0 Å². The molecular formula is C3H8O2SSn. The zero-order valence-electron chi connectivity index (χ0n) is 4.22. The van der Waals surface area contributed by atoms with E-state index in [4.69, 9.17) is 0 Å². The molecule has 0 aromatic heterocycles. The van der Waals surface area contributed by atoms with Gasteiger partial charge in [-0.25, -0.2) is 0 Å². The van der Waals surface area contributed by atoms with Gasteiger partial charge in [0.1, 0.15) is 0 Å². The molecule has 0 atom stereocenters. The first-order valence-electron chi connectivity index (χ1n) is 1.94. The van der Waals surface area contributed by atoms with Gasteiger partial charge in [-0.2, -0.15) is 0 Å². The Kier molecular flexibility index (Phi) is 3.23. The van der Waals surface area contributed by atoms with Crippen LogP contribution in [0.15, 0.2) is 0 Å². The van der Waals surface area contributed by atoms with Gasteiger partial charge in [-0.3, -0.25) is 0 Å². The molecule has 2 radical (unpaired) electrons. The van der Waals surface area contributed by atoms with Crippen molar-refractivity contribution < 1.29 is 8.42 Å². The second kappa shape index (κ2) is 2.91. The predicted molar refractivity (Wildman–Crippen MR) is 31.7 cm³/mol. The van der Waals surface area contributed by atoms with E-state index in [1.165, 1.54) is 6.26 Å². The van der Waals surface area contributed by atoms with Gasteiger partial charge in [-0.05, 0) is 0 Å². The van der Waals surface area contributed by atoms with Gasteiger partial charge in [0, 0.05) is 0 Å². The number of hydrogen-bond donors (Lipinski definition) is 0. The fourth-order valence-corrected chi connectivity index (χ4v) is 4.31. The van der Waals surface area contributed by atoms with Gasteiger partial charge in [0.2, 0.25) is 0 Å². The van der Waals surface area contributed by atoms with Gasteiger partial charge in [0.05, 0.1) is 0 Å². The molecule has 0 aromatic carbocycles. The summed E-state index contributed by atoms with van der Waals surface area (Å²) in [6.45, 7) is 0. The molecule has 4 heteroatoms. The van der Waals surface area contributed by atoms with Crippen LogP contribution < -0.4 is 0 Å². The summed E-state index contributed by atoms with van der Waals surface area (Å²) < 4.78 is 21.4. The molecule has 0 amide bonds. The standard InChI is InChI=1S/C3H7O2S.Sn.H/c1-3-6(2,4)5;;/h1,3H2,2H3;;. The van der Waals surface area contributed by atoms with E-state index in [0.29, 0.717) is 5.75 Å². The second-order valence-electron chi connectivity index (χ2n) is 1.42. The van der Waals surface area contributed by atoms with Gasteiger partial charge in [0.15, 0.2) is 0 Å². The molecule has 0 aliphatic heterocycles. The Morgan fingerprint density at radius 3 is 2.00 bits per heavy atom. The summed E-state index contributed by atoms with van der Waals surface area (Å²) in [6.07, 6.45) is 1.27. The van der Waals surface area contributed by atoms with Crippen molar-refractivity contribution >= 4 is 32.4 Å².